The van der Waals surface area contributed by atoms with Gasteiger partial charge in [0, 0.05) is 0 Å². The van der Waals surface area contributed by atoms with E-state index in [2.05, 4.69) is 25.4 Å². The maximum absolute atomic E-state index is 5.93. The molecule has 3 nitrogen and oxygen atoms in total. The first-order valence-electron chi connectivity index (χ1n) is 7.10. The Morgan fingerprint density at radius 2 is 0.941 bits per heavy atom. The van der Waals surface area contributed by atoms with E-state index in [0.717, 1.165) is 58.3 Å². The summed E-state index contributed by atoms with van der Waals surface area (Å²) in [6.07, 6.45) is 6.77. The molecular formula is C13H30O3Zr. The van der Waals surface area contributed by atoms with Crippen LogP contribution in [-0.2, 0) is 30.0 Å². The first kappa shape index (κ1) is 17.8. The van der Waals surface area contributed by atoms with Gasteiger partial charge in [-0.05, 0) is 0 Å². The molecule has 0 aliphatic rings. The van der Waals surface area contributed by atoms with Crippen LogP contribution < -0.4 is 0 Å². The van der Waals surface area contributed by atoms with Crippen LogP contribution in [0.25, 0.3) is 0 Å². The molecule has 0 aliphatic heterocycles. The molecule has 0 heterocycles. The fraction of sp³-hybridized carbons (Fsp3) is 1.00. The molecule has 0 saturated heterocycles. The quantitative estimate of drug-likeness (QED) is 0.498. The Hall–Kier alpha value is 0.763. The summed E-state index contributed by atoms with van der Waals surface area (Å²) in [5.41, 5.74) is 0. The van der Waals surface area contributed by atoms with Gasteiger partial charge in [-0.15, -0.1) is 0 Å². The minimum absolute atomic E-state index is 0.793. The molecule has 0 N–H and O–H groups in total. The van der Waals surface area contributed by atoms with Crippen molar-refractivity contribution in [3.05, 3.63) is 0 Å². The number of unbranched alkanes of at least 4 members (excludes halogenated alkanes) is 3. The van der Waals surface area contributed by atoms with E-state index in [-0.39, 0.29) is 0 Å². The van der Waals surface area contributed by atoms with E-state index in [1.807, 2.05) is 0 Å². The van der Waals surface area contributed by atoms with Gasteiger partial charge in [0.1, 0.15) is 0 Å². The standard InChI is InChI=1S/3C4H9O.CH3.Zr/c3*1-2-3-4-5;;/h3*2-4H2,1H3;1H3;/q3*-1;;+3. The third kappa shape index (κ3) is 10.4. The normalized spacial score (nSPS) is 12.0. The van der Waals surface area contributed by atoms with Gasteiger partial charge < -0.3 is 0 Å². The van der Waals surface area contributed by atoms with Crippen molar-refractivity contribution in [1.82, 2.24) is 0 Å². The van der Waals surface area contributed by atoms with Gasteiger partial charge in [0.05, 0.1) is 0 Å². The Labute approximate surface area is 113 Å². The Morgan fingerprint density at radius 1 is 0.647 bits per heavy atom. The molecule has 0 bridgehead atoms. The van der Waals surface area contributed by atoms with Gasteiger partial charge in [0.2, 0.25) is 0 Å². The SMILES string of the molecule is CCCC[O][Zr]([CH3])([O]CCCC)[O]CCCC. The van der Waals surface area contributed by atoms with Crippen LogP contribution in [0.5, 0.6) is 0 Å². The molecule has 0 unspecified atom stereocenters. The second-order valence-corrected chi connectivity index (χ2v) is 10.8. The molecule has 17 heavy (non-hydrogen) atoms. The van der Waals surface area contributed by atoms with E-state index in [1.54, 1.807) is 0 Å². The van der Waals surface area contributed by atoms with Crippen molar-refractivity contribution in [3.8, 4) is 0 Å². The van der Waals surface area contributed by atoms with E-state index in [9.17, 15) is 0 Å². The Balaban J connectivity index is 3.95. The zero-order chi connectivity index (χ0) is 13.0. The molecule has 0 fully saturated rings. The summed E-state index contributed by atoms with van der Waals surface area (Å²) in [4.78, 5) is 0. The van der Waals surface area contributed by atoms with Crippen LogP contribution in [0.15, 0.2) is 0 Å². The minimum atomic E-state index is -3.14. The third-order valence-corrected chi connectivity index (χ3v) is 7.96. The van der Waals surface area contributed by atoms with Gasteiger partial charge >= 0.3 is 114 Å². The number of hydrogen-bond donors (Lipinski definition) is 0. The molecular weight excluding hydrogens is 295 g/mol. The summed E-state index contributed by atoms with van der Waals surface area (Å²) in [5, 5.41) is 0. The molecule has 0 aromatic carbocycles. The summed E-state index contributed by atoms with van der Waals surface area (Å²) in [6.45, 7) is 8.90. The Kier molecular flexibility index (Phi) is 12.4. The predicted molar refractivity (Wildman–Crippen MR) is 68.4 cm³/mol. The Morgan fingerprint density at radius 3 is 1.18 bits per heavy atom. The molecule has 0 radical (unpaired) electrons. The predicted octanol–water partition coefficient (Wildman–Crippen LogP) is 4.38. The molecule has 0 aromatic rings. The first-order valence-corrected chi connectivity index (χ1v) is 12.6. The van der Waals surface area contributed by atoms with Crippen LogP contribution >= 0.6 is 0 Å². The molecule has 0 saturated carbocycles. The van der Waals surface area contributed by atoms with Gasteiger partial charge in [-0.3, -0.25) is 0 Å². The van der Waals surface area contributed by atoms with Crippen LogP contribution in [0.3, 0.4) is 0 Å². The van der Waals surface area contributed by atoms with E-state index in [1.165, 1.54) is 0 Å². The van der Waals surface area contributed by atoms with Crippen molar-refractivity contribution >= 4 is 0 Å². The fourth-order valence-electron chi connectivity index (χ4n) is 1.33. The maximum atomic E-state index is 5.93. The fourth-order valence-corrected chi connectivity index (χ4v) is 5.74. The zero-order valence-electron chi connectivity index (χ0n) is 12.1. The molecule has 104 valence electrons. The van der Waals surface area contributed by atoms with Gasteiger partial charge in [-0.25, -0.2) is 0 Å². The number of hydrogen-bond acceptors (Lipinski definition) is 3. The summed E-state index contributed by atoms with van der Waals surface area (Å²) < 4.78 is 19.9. The van der Waals surface area contributed by atoms with Crippen molar-refractivity contribution in [2.45, 2.75) is 63.9 Å². The zero-order valence-corrected chi connectivity index (χ0v) is 14.5. The topological polar surface area (TPSA) is 27.7 Å². The molecule has 0 atom stereocenters. The molecule has 0 aliphatic carbocycles. The second-order valence-electron chi connectivity index (χ2n) is 4.47. The van der Waals surface area contributed by atoms with E-state index in [4.69, 9.17) is 8.44 Å². The summed E-state index contributed by atoms with van der Waals surface area (Å²) in [7, 11) is 0. The summed E-state index contributed by atoms with van der Waals surface area (Å²) >= 11 is -3.14. The van der Waals surface area contributed by atoms with E-state index >= 15 is 0 Å². The molecule has 0 spiro atoms. The number of rotatable bonds is 12. The van der Waals surface area contributed by atoms with Crippen LogP contribution in [0.2, 0.25) is 4.63 Å². The van der Waals surface area contributed by atoms with Gasteiger partial charge in [0.25, 0.3) is 0 Å². The van der Waals surface area contributed by atoms with Gasteiger partial charge in [-0.1, -0.05) is 0 Å². The van der Waals surface area contributed by atoms with Crippen molar-refractivity contribution in [3.63, 3.8) is 0 Å². The van der Waals surface area contributed by atoms with Gasteiger partial charge in [0.15, 0.2) is 0 Å². The van der Waals surface area contributed by atoms with E-state index < -0.39 is 21.6 Å². The molecule has 0 aromatic heterocycles. The summed E-state index contributed by atoms with van der Waals surface area (Å²) in [6, 6.07) is 0. The van der Waals surface area contributed by atoms with Crippen LogP contribution in [0.1, 0.15) is 59.3 Å². The van der Waals surface area contributed by atoms with Crippen LogP contribution in [-0.4, -0.2) is 19.8 Å². The third-order valence-electron chi connectivity index (χ3n) is 2.59. The Bertz CT molecular complexity index is 138. The molecule has 4 heteroatoms. The van der Waals surface area contributed by atoms with Gasteiger partial charge in [-0.2, -0.15) is 0 Å². The van der Waals surface area contributed by atoms with Crippen molar-refractivity contribution in [2.75, 3.05) is 19.8 Å². The van der Waals surface area contributed by atoms with Crippen molar-refractivity contribution < 1.29 is 30.0 Å². The molecule has 0 amide bonds. The monoisotopic (exact) mass is 324 g/mol. The average molecular weight is 326 g/mol. The first-order chi connectivity index (χ1) is 8.18. The molecule has 0 rings (SSSR count). The van der Waals surface area contributed by atoms with Crippen molar-refractivity contribution in [1.29, 1.82) is 0 Å². The average Bonchev–Trinajstić information content (AvgIpc) is 2.30. The summed E-state index contributed by atoms with van der Waals surface area (Å²) in [5.74, 6) is 0. The van der Waals surface area contributed by atoms with Crippen molar-refractivity contribution in [2.24, 2.45) is 0 Å². The van der Waals surface area contributed by atoms with Crippen LogP contribution in [0.4, 0.5) is 0 Å². The van der Waals surface area contributed by atoms with Crippen LogP contribution in [0, 0.1) is 0 Å². The van der Waals surface area contributed by atoms with E-state index in [0.29, 0.717) is 0 Å². The second kappa shape index (κ2) is 11.8.